The van der Waals surface area contributed by atoms with E-state index in [9.17, 15) is 0 Å². The van der Waals surface area contributed by atoms with Crippen LogP contribution in [-0.2, 0) is 0 Å². The molecule has 15 heavy (non-hydrogen) atoms. The predicted molar refractivity (Wildman–Crippen MR) is 63.5 cm³/mol. The summed E-state index contributed by atoms with van der Waals surface area (Å²) in [5, 5.41) is 0. The molecule has 1 unspecified atom stereocenters. The molecule has 2 aromatic rings. The molecule has 1 atom stereocenters. The molecular weight excluding hydrogens is 256 g/mol. The van der Waals surface area contributed by atoms with Crippen LogP contribution in [0.2, 0.25) is 0 Å². The highest BCUT2D eigenvalue weighted by Crippen LogP contribution is 2.25. The van der Waals surface area contributed by atoms with E-state index in [1.165, 1.54) is 0 Å². The molecule has 0 saturated carbocycles. The van der Waals surface area contributed by atoms with Gasteiger partial charge in [0.25, 0.3) is 0 Å². The van der Waals surface area contributed by atoms with Crippen molar-refractivity contribution >= 4 is 27.0 Å². The zero-order chi connectivity index (χ0) is 11.0. The Morgan fingerprint density at radius 1 is 1.40 bits per heavy atom. The van der Waals surface area contributed by atoms with Crippen LogP contribution in [0.4, 0.5) is 0 Å². The summed E-state index contributed by atoms with van der Waals surface area (Å²) in [7, 11) is 0. The van der Waals surface area contributed by atoms with Crippen molar-refractivity contribution in [3.63, 3.8) is 0 Å². The Kier molecular flexibility index (Phi) is 2.80. The first-order valence-electron chi connectivity index (χ1n) is 4.89. The van der Waals surface area contributed by atoms with Crippen LogP contribution < -0.4 is 5.73 Å². The van der Waals surface area contributed by atoms with E-state index in [0.29, 0.717) is 11.8 Å². The van der Waals surface area contributed by atoms with Crippen LogP contribution in [-0.4, -0.2) is 4.98 Å². The molecule has 0 spiro atoms. The molecule has 0 aliphatic rings. The van der Waals surface area contributed by atoms with Crippen molar-refractivity contribution < 1.29 is 4.42 Å². The van der Waals surface area contributed by atoms with Gasteiger partial charge in [0, 0.05) is 4.47 Å². The van der Waals surface area contributed by atoms with Crippen molar-refractivity contribution in [1.82, 2.24) is 4.98 Å². The minimum absolute atomic E-state index is 0.142. The third-order valence-corrected chi connectivity index (χ3v) is 2.86. The molecule has 0 amide bonds. The van der Waals surface area contributed by atoms with E-state index < -0.39 is 0 Å². The summed E-state index contributed by atoms with van der Waals surface area (Å²) in [6, 6.07) is 5.60. The number of rotatable bonds is 2. The summed E-state index contributed by atoms with van der Waals surface area (Å²) < 4.78 is 6.58. The minimum Gasteiger partial charge on any atom is -0.439 e. The second-order valence-electron chi connectivity index (χ2n) is 3.93. The van der Waals surface area contributed by atoms with E-state index in [0.717, 1.165) is 15.6 Å². The Morgan fingerprint density at radius 3 is 2.80 bits per heavy atom. The lowest BCUT2D eigenvalue weighted by Crippen LogP contribution is -2.16. The van der Waals surface area contributed by atoms with Crippen LogP contribution >= 0.6 is 15.9 Å². The molecule has 2 rings (SSSR count). The van der Waals surface area contributed by atoms with Gasteiger partial charge in [-0.3, -0.25) is 0 Å². The van der Waals surface area contributed by atoms with Gasteiger partial charge >= 0.3 is 0 Å². The minimum atomic E-state index is -0.142. The Bertz CT molecular complexity index is 478. The maximum atomic E-state index is 5.97. The summed E-state index contributed by atoms with van der Waals surface area (Å²) in [6.07, 6.45) is 0. The van der Waals surface area contributed by atoms with Crippen molar-refractivity contribution in [1.29, 1.82) is 0 Å². The van der Waals surface area contributed by atoms with Gasteiger partial charge in [-0.2, -0.15) is 0 Å². The third-order valence-electron chi connectivity index (χ3n) is 2.37. The maximum Gasteiger partial charge on any atom is 0.212 e. The van der Waals surface area contributed by atoms with E-state index in [-0.39, 0.29) is 6.04 Å². The van der Waals surface area contributed by atoms with E-state index in [1.54, 1.807) is 0 Å². The molecule has 1 aromatic carbocycles. The number of nitrogens with zero attached hydrogens (tertiary/aromatic N) is 1. The number of halogens is 1. The van der Waals surface area contributed by atoms with Gasteiger partial charge in [-0.25, -0.2) is 4.98 Å². The maximum absolute atomic E-state index is 5.97. The van der Waals surface area contributed by atoms with Crippen LogP contribution in [0.5, 0.6) is 0 Å². The van der Waals surface area contributed by atoms with E-state index in [1.807, 2.05) is 18.2 Å². The molecule has 0 bridgehead atoms. The number of nitrogens with two attached hydrogens (primary N) is 1. The summed E-state index contributed by atoms with van der Waals surface area (Å²) in [6.45, 7) is 4.10. The van der Waals surface area contributed by atoms with Crippen LogP contribution in [0.15, 0.2) is 27.1 Å². The lowest BCUT2D eigenvalue weighted by Gasteiger charge is -2.10. The monoisotopic (exact) mass is 268 g/mol. The second kappa shape index (κ2) is 3.94. The number of hydrogen-bond acceptors (Lipinski definition) is 3. The van der Waals surface area contributed by atoms with Crippen LogP contribution in [0.25, 0.3) is 11.1 Å². The van der Waals surface area contributed by atoms with Crippen molar-refractivity contribution in [3.05, 3.63) is 28.6 Å². The van der Waals surface area contributed by atoms with Crippen molar-refractivity contribution in [2.75, 3.05) is 0 Å². The fraction of sp³-hybridized carbons (Fsp3) is 0.364. The van der Waals surface area contributed by atoms with Gasteiger partial charge < -0.3 is 10.2 Å². The predicted octanol–water partition coefficient (Wildman–Crippen LogP) is 3.25. The number of aromatic nitrogens is 1. The number of oxazole rings is 1. The van der Waals surface area contributed by atoms with Crippen LogP contribution in [0, 0.1) is 5.92 Å². The average molecular weight is 269 g/mol. The number of fused-ring (bicyclic) bond motifs is 1. The number of hydrogen-bond donors (Lipinski definition) is 1. The summed E-state index contributed by atoms with van der Waals surface area (Å²) >= 11 is 3.39. The zero-order valence-electron chi connectivity index (χ0n) is 8.70. The summed E-state index contributed by atoms with van der Waals surface area (Å²) in [5.74, 6) is 0.930. The first-order valence-corrected chi connectivity index (χ1v) is 5.69. The largest absolute Gasteiger partial charge is 0.439 e. The van der Waals surface area contributed by atoms with Crippen LogP contribution in [0.1, 0.15) is 25.8 Å². The second-order valence-corrected chi connectivity index (χ2v) is 4.85. The lowest BCUT2D eigenvalue weighted by molar-refractivity contribution is 0.403. The quantitative estimate of drug-likeness (QED) is 0.910. The van der Waals surface area contributed by atoms with Crippen molar-refractivity contribution in [2.45, 2.75) is 19.9 Å². The molecule has 1 heterocycles. The first kappa shape index (κ1) is 10.6. The lowest BCUT2D eigenvalue weighted by atomic mass is 10.1. The molecule has 0 radical (unpaired) electrons. The molecule has 0 fully saturated rings. The van der Waals surface area contributed by atoms with Gasteiger partial charge in [-0.1, -0.05) is 29.8 Å². The average Bonchev–Trinajstić information content (AvgIpc) is 2.58. The van der Waals surface area contributed by atoms with Crippen molar-refractivity contribution in [3.8, 4) is 0 Å². The molecule has 1 aromatic heterocycles. The zero-order valence-corrected chi connectivity index (χ0v) is 10.3. The van der Waals surface area contributed by atoms with Gasteiger partial charge in [0.2, 0.25) is 5.89 Å². The molecule has 0 aliphatic carbocycles. The standard InChI is InChI=1S/C11H13BrN2O/c1-6(2)10(13)11-14-8-5-7(12)3-4-9(8)15-11/h3-6,10H,13H2,1-2H3. The van der Waals surface area contributed by atoms with Gasteiger partial charge in [-0.05, 0) is 24.1 Å². The normalized spacial score (nSPS) is 13.7. The molecule has 3 nitrogen and oxygen atoms in total. The molecule has 80 valence electrons. The van der Waals surface area contributed by atoms with Gasteiger partial charge in [0.1, 0.15) is 5.52 Å². The fourth-order valence-corrected chi connectivity index (χ4v) is 1.70. The number of benzene rings is 1. The summed E-state index contributed by atoms with van der Waals surface area (Å²) in [4.78, 5) is 4.37. The molecule has 4 heteroatoms. The Labute approximate surface area is 96.8 Å². The fourth-order valence-electron chi connectivity index (χ4n) is 1.35. The van der Waals surface area contributed by atoms with Gasteiger partial charge in [-0.15, -0.1) is 0 Å². The van der Waals surface area contributed by atoms with Crippen molar-refractivity contribution in [2.24, 2.45) is 11.7 Å². The SMILES string of the molecule is CC(C)C(N)c1nc2cc(Br)ccc2o1. The Balaban J connectivity index is 2.47. The summed E-state index contributed by atoms with van der Waals surface area (Å²) in [5.41, 5.74) is 7.60. The van der Waals surface area contributed by atoms with E-state index >= 15 is 0 Å². The highest BCUT2D eigenvalue weighted by atomic mass is 79.9. The Hall–Kier alpha value is -0.870. The highest BCUT2D eigenvalue weighted by Gasteiger charge is 2.17. The van der Waals surface area contributed by atoms with E-state index in [4.69, 9.17) is 10.2 Å². The molecular formula is C11H13BrN2O. The molecule has 0 aliphatic heterocycles. The third kappa shape index (κ3) is 2.06. The molecule has 0 saturated heterocycles. The van der Waals surface area contributed by atoms with Gasteiger partial charge in [0.15, 0.2) is 5.58 Å². The first-order chi connectivity index (χ1) is 7.08. The Morgan fingerprint density at radius 2 is 2.13 bits per heavy atom. The topological polar surface area (TPSA) is 52.0 Å². The molecule has 2 N–H and O–H groups in total. The van der Waals surface area contributed by atoms with E-state index in [2.05, 4.69) is 34.8 Å². The highest BCUT2D eigenvalue weighted by molar-refractivity contribution is 9.10. The smallest absolute Gasteiger partial charge is 0.212 e. The van der Waals surface area contributed by atoms with Crippen LogP contribution in [0.3, 0.4) is 0 Å². The van der Waals surface area contributed by atoms with Gasteiger partial charge in [0.05, 0.1) is 6.04 Å².